The van der Waals surface area contributed by atoms with Gasteiger partial charge in [0.25, 0.3) is 0 Å². The van der Waals surface area contributed by atoms with Crippen LogP contribution in [0.15, 0.2) is 6.20 Å². The maximum atomic E-state index is 12.6. The number of likely N-dealkylation sites (tertiary alicyclic amines) is 1. The second-order valence-corrected chi connectivity index (χ2v) is 6.71. The summed E-state index contributed by atoms with van der Waals surface area (Å²) in [5.74, 6) is 0.304. The molecule has 0 aromatic carbocycles. The van der Waals surface area contributed by atoms with E-state index in [0.29, 0.717) is 10.9 Å². The normalized spacial score (nSPS) is 24.1. The second-order valence-electron chi connectivity index (χ2n) is 6.30. The Hall–Kier alpha value is -1.11. The zero-order valence-corrected chi connectivity index (χ0v) is 14.1. The van der Waals surface area contributed by atoms with Gasteiger partial charge in [0.1, 0.15) is 0 Å². The molecule has 0 N–H and O–H groups in total. The molecule has 1 atom stereocenters. The summed E-state index contributed by atoms with van der Waals surface area (Å²) in [5, 5.41) is 4.89. The van der Waals surface area contributed by atoms with E-state index in [4.69, 9.17) is 11.6 Å². The van der Waals surface area contributed by atoms with Crippen molar-refractivity contribution in [2.75, 3.05) is 39.8 Å². The fourth-order valence-electron chi connectivity index (χ4n) is 3.39. The molecule has 0 spiro atoms. The van der Waals surface area contributed by atoms with Gasteiger partial charge in [0.05, 0.1) is 23.0 Å². The van der Waals surface area contributed by atoms with Gasteiger partial charge in [-0.25, -0.2) is 0 Å². The Morgan fingerprint density at radius 3 is 2.55 bits per heavy atom. The van der Waals surface area contributed by atoms with E-state index in [-0.39, 0.29) is 6.04 Å². The first-order chi connectivity index (χ1) is 10.6. The van der Waals surface area contributed by atoms with E-state index >= 15 is 0 Å². The maximum absolute atomic E-state index is 12.6. The van der Waals surface area contributed by atoms with Crippen LogP contribution in [0, 0.1) is 0 Å². The summed E-state index contributed by atoms with van der Waals surface area (Å²) in [6.45, 7) is 5.22. The number of piperazine rings is 1. The summed E-state index contributed by atoms with van der Waals surface area (Å²) >= 11 is 6.17. The number of likely N-dealkylation sites (N-methyl/N-ethyl adjacent to an activating group) is 1. The molecule has 3 rings (SSSR count). The highest BCUT2D eigenvalue weighted by molar-refractivity contribution is 6.31. The van der Waals surface area contributed by atoms with Crippen molar-refractivity contribution in [3.8, 4) is 0 Å². The predicted molar refractivity (Wildman–Crippen MR) is 85.7 cm³/mol. The number of hydrogen-bond donors (Lipinski definition) is 0. The van der Waals surface area contributed by atoms with Gasteiger partial charge in [-0.15, -0.1) is 0 Å². The number of aryl methyl sites for hydroxylation is 1. The average molecular weight is 326 g/mol. The summed E-state index contributed by atoms with van der Waals surface area (Å²) in [7, 11) is 3.97. The summed E-state index contributed by atoms with van der Waals surface area (Å²) in [5.41, 5.74) is 1.04. The van der Waals surface area contributed by atoms with Gasteiger partial charge in [-0.1, -0.05) is 11.6 Å². The molecule has 1 aromatic heterocycles. The quantitative estimate of drug-likeness (QED) is 0.825. The van der Waals surface area contributed by atoms with Gasteiger partial charge in [0, 0.05) is 39.8 Å². The smallest absolute Gasteiger partial charge is 0.240 e. The van der Waals surface area contributed by atoms with E-state index in [2.05, 4.69) is 21.9 Å². The highest BCUT2D eigenvalue weighted by Crippen LogP contribution is 2.20. The van der Waals surface area contributed by atoms with Crippen LogP contribution in [0.5, 0.6) is 0 Å². The molecule has 1 aromatic rings. The molecule has 0 unspecified atom stereocenters. The minimum absolute atomic E-state index is 0.0954. The highest BCUT2D eigenvalue weighted by Gasteiger charge is 2.32. The number of aromatic nitrogens is 2. The van der Waals surface area contributed by atoms with Gasteiger partial charge in [0.2, 0.25) is 5.91 Å². The summed E-state index contributed by atoms with van der Waals surface area (Å²) in [4.78, 5) is 19.1. The molecule has 0 radical (unpaired) electrons. The zero-order valence-electron chi connectivity index (χ0n) is 13.3. The molecule has 3 heterocycles. The first-order valence-corrected chi connectivity index (χ1v) is 8.32. The Morgan fingerprint density at radius 2 is 2.00 bits per heavy atom. The third-order valence-corrected chi connectivity index (χ3v) is 5.19. The lowest BCUT2D eigenvalue weighted by Crippen LogP contribution is -2.53. The minimum Gasteiger partial charge on any atom is -0.339 e. The molecule has 0 aliphatic carbocycles. The van der Waals surface area contributed by atoms with Crippen LogP contribution in [-0.2, 0) is 18.4 Å². The molecule has 7 heteroatoms. The van der Waals surface area contributed by atoms with Crippen LogP contribution >= 0.6 is 11.6 Å². The number of halogens is 1. The third kappa shape index (κ3) is 3.14. The molecule has 2 fully saturated rings. The number of carbonyl (C=O) groups is 1. The maximum Gasteiger partial charge on any atom is 0.240 e. The van der Waals surface area contributed by atoms with Crippen molar-refractivity contribution in [2.45, 2.75) is 25.4 Å². The predicted octanol–water partition coefficient (Wildman–Crippen LogP) is 0.812. The van der Waals surface area contributed by atoms with Crippen LogP contribution in [0.25, 0.3) is 0 Å². The SMILES string of the molecule is CN1CCC[C@H]1C(=O)N1CCN(Cc2c(Cl)cnn2C)CC1. The van der Waals surface area contributed by atoms with Crippen LogP contribution < -0.4 is 0 Å². The number of amides is 1. The lowest BCUT2D eigenvalue weighted by Gasteiger charge is -2.36. The van der Waals surface area contributed by atoms with Crippen LogP contribution in [0.1, 0.15) is 18.5 Å². The Kier molecular flexibility index (Phi) is 4.70. The van der Waals surface area contributed by atoms with Crippen LogP contribution in [-0.4, -0.2) is 76.2 Å². The first kappa shape index (κ1) is 15.8. The molecular formula is C15H24ClN5O. The van der Waals surface area contributed by atoms with Crippen molar-refractivity contribution in [3.63, 3.8) is 0 Å². The van der Waals surface area contributed by atoms with Crippen LogP contribution in [0.3, 0.4) is 0 Å². The third-order valence-electron chi connectivity index (χ3n) is 4.87. The second kappa shape index (κ2) is 6.56. The van der Waals surface area contributed by atoms with E-state index in [1.165, 1.54) is 0 Å². The van der Waals surface area contributed by atoms with E-state index in [1.54, 1.807) is 6.20 Å². The molecule has 1 amide bonds. The summed E-state index contributed by atoms with van der Waals surface area (Å²) in [6, 6.07) is 0.0954. The topological polar surface area (TPSA) is 44.6 Å². The van der Waals surface area contributed by atoms with Crippen molar-refractivity contribution >= 4 is 17.5 Å². The minimum atomic E-state index is 0.0954. The lowest BCUT2D eigenvalue weighted by atomic mass is 10.1. The molecule has 2 aliphatic rings. The monoisotopic (exact) mass is 325 g/mol. The average Bonchev–Trinajstić information content (AvgIpc) is 3.08. The molecule has 0 bridgehead atoms. The molecule has 22 heavy (non-hydrogen) atoms. The van der Waals surface area contributed by atoms with Gasteiger partial charge in [-0.05, 0) is 26.4 Å². The largest absolute Gasteiger partial charge is 0.339 e. The number of hydrogen-bond acceptors (Lipinski definition) is 4. The number of rotatable bonds is 3. The van der Waals surface area contributed by atoms with Crippen molar-refractivity contribution in [2.24, 2.45) is 7.05 Å². The van der Waals surface area contributed by atoms with Gasteiger partial charge in [0.15, 0.2) is 0 Å². The Bertz CT molecular complexity index is 519. The molecule has 2 aliphatic heterocycles. The summed E-state index contributed by atoms with van der Waals surface area (Å²) in [6.07, 6.45) is 3.82. The Labute approximate surface area is 136 Å². The fourth-order valence-corrected chi connectivity index (χ4v) is 3.61. The van der Waals surface area contributed by atoms with Gasteiger partial charge in [-0.3, -0.25) is 19.3 Å². The van der Waals surface area contributed by atoms with Crippen molar-refractivity contribution in [1.82, 2.24) is 24.5 Å². The zero-order chi connectivity index (χ0) is 15.7. The van der Waals surface area contributed by atoms with E-state index < -0.39 is 0 Å². The number of nitrogens with zero attached hydrogens (tertiary/aromatic N) is 5. The molecule has 2 saturated heterocycles. The van der Waals surface area contributed by atoms with Crippen molar-refractivity contribution in [1.29, 1.82) is 0 Å². The molecular weight excluding hydrogens is 302 g/mol. The van der Waals surface area contributed by atoms with Crippen molar-refractivity contribution in [3.05, 3.63) is 16.9 Å². The molecule has 0 saturated carbocycles. The Balaban J connectivity index is 1.53. The first-order valence-electron chi connectivity index (χ1n) is 7.94. The van der Waals surface area contributed by atoms with Gasteiger partial charge >= 0.3 is 0 Å². The fraction of sp³-hybridized carbons (Fsp3) is 0.733. The standard InChI is InChI=1S/C15H24ClN5O/c1-18-5-3-4-13(18)15(22)21-8-6-20(7-9-21)11-14-12(16)10-17-19(14)2/h10,13H,3-9,11H2,1-2H3/t13-/m0/s1. The van der Waals surface area contributed by atoms with E-state index in [9.17, 15) is 4.79 Å². The van der Waals surface area contributed by atoms with E-state index in [0.717, 1.165) is 57.8 Å². The highest BCUT2D eigenvalue weighted by atomic mass is 35.5. The van der Waals surface area contributed by atoms with Gasteiger partial charge in [-0.2, -0.15) is 5.10 Å². The van der Waals surface area contributed by atoms with E-state index in [1.807, 2.05) is 16.6 Å². The summed E-state index contributed by atoms with van der Waals surface area (Å²) < 4.78 is 1.83. The Morgan fingerprint density at radius 1 is 1.27 bits per heavy atom. The molecule has 6 nitrogen and oxygen atoms in total. The molecule has 122 valence electrons. The number of carbonyl (C=O) groups excluding carboxylic acids is 1. The van der Waals surface area contributed by atoms with Gasteiger partial charge < -0.3 is 4.90 Å². The van der Waals surface area contributed by atoms with Crippen LogP contribution in [0.4, 0.5) is 0 Å². The van der Waals surface area contributed by atoms with Crippen molar-refractivity contribution < 1.29 is 4.79 Å². The lowest BCUT2D eigenvalue weighted by molar-refractivity contribution is -0.137. The van der Waals surface area contributed by atoms with Crippen LogP contribution in [0.2, 0.25) is 5.02 Å².